The highest BCUT2D eigenvalue weighted by atomic mass is 35.5. The third kappa shape index (κ3) is 3.51. The van der Waals surface area contributed by atoms with Gasteiger partial charge in [0.1, 0.15) is 10.6 Å². The van der Waals surface area contributed by atoms with E-state index in [9.17, 15) is 8.42 Å². The first-order chi connectivity index (χ1) is 12.4. The fraction of sp³-hybridized carbons (Fsp3) is 0.389. The number of halogens is 1. The molecule has 0 aliphatic rings. The van der Waals surface area contributed by atoms with Crippen molar-refractivity contribution in [2.75, 3.05) is 0 Å². The Morgan fingerprint density at radius 1 is 1.07 bits per heavy atom. The molecule has 2 heterocycles. The van der Waals surface area contributed by atoms with Gasteiger partial charge >= 0.3 is 0 Å². The van der Waals surface area contributed by atoms with Crippen LogP contribution < -0.4 is 0 Å². The standard InChI is InChI=1S/C18H21ClN4O3S/c1-17(2,3)14-10-13(26-23-14)15-20-16(22-21-15)18(4,5)27(24,25)12-8-6-11(19)7-9-12/h6-10H,1-5H3,(H,20,21,22). The zero-order valence-electron chi connectivity index (χ0n) is 15.7. The number of aromatic amines is 1. The van der Waals surface area contributed by atoms with E-state index in [1.54, 1.807) is 32.0 Å². The number of nitrogens with zero attached hydrogens (tertiary/aromatic N) is 3. The molecule has 1 N–H and O–H groups in total. The fourth-order valence-corrected chi connectivity index (χ4v) is 3.97. The van der Waals surface area contributed by atoms with Gasteiger partial charge in [-0.1, -0.05) is 37.5 Å². The Hall–Kier alpha value is -2.19. The Morgan fingerprint density at radius 2 is 1.70 bits per heavy atom. The van der Waals surface area contributed by atoms with Gasteiger partial charge in [0.25, 0.3) is 0 Å². The Kier molecular flexibility index (Phi) is 4.68. The summed E-state index contributed by atoms with van der Waals surface area (Å²) < 4.78 is 30.2. The van der Waals surface area contributed by atoms with E-state index in [2.05, 4.69) is 20.3 Å². The smallest absolute Gasteiger partial charge is 0.219 e. The van der Waals surface area contributed by atoms with E-state index in [-0.39, 0.29) is 22.0 Å². The number of rotatable bonds is 4. The van der Waals surface area contributed by atoms with E-state index in [0.717, 1.165) is 5.69 Å². The zero-order chi connectivity index (χ0) is 20.0. The molecule has 0 aliphatic heterocycles. The first kappa shape index (κ1) is 19.6. The summed E-state index contributed by atoms with van der Waals surface area (Å²) in [5, 5.41) is 11.3. The van der Waals surface area contributed by atoms with Crippen molar-refractivity contribution in [1.29, 1.82) is 0 Å². The van der Waals surface area contributed by atoms with Crippen molar-refractivity contribution in [2.45, 2.75) is 49.7 Å². The molecule has 7 nitrogen and oxygen atoms in total. The largest absolute Gasteiger partial charge is 0.353 e. The number of hydrogen-bond acceptors (Lipinski definition) is 6. The van der Waals surface area contributed by atoms with E-state index < -0.39 is 14.6 Å². The summed E-state index contributed by atoms with van der Waals surface area (Å²) in [4.78, 5) is 4.51. The second-order valence-corrected chi connectivity index (χ2v) is 10.7. The summed E-state index contributed by atoms with van der Waals surface area (Å²) in [6.07, 6.45) is 0. The molecular formula is C18H21ClN4O3S. The lowest BCUT2D eigenvalue weighted by Gasteiger charge is -2.22. The molecule has 144 valence electrons. The number of benzene rings is 1. The Balaban J connectivity index is 1.97. The maximum Gasteiger partial charge on any atom is 0.219 e. The first-order valence-electron chi connectivity index (χ1n) is 8.33. The lowest BCUT2D eigenvalue weighted by molar-refractivity contribution is 0.400. The van der Waals surface area contributed by atoms with Crippen LogP contribution in [0.25, 0.3) is 11.6 Å². The summed E-state index contributed by atoms with van der Waals surface area (Å²) in [6.45, 7) is 9.18. The molecule has 0 spiro atoms. The van der Waals surface area contributed by atoms with Gasteiger partial charge in [-0.25, -0.2) is 13.4 Å². The van der Waals surface area contributed by atoms with Crippen LogP contribution in [0.15, 0.2) is 39.8 Å². The molecule has 0 saturated heterocycles. The number of nitrogens with one attached hydrogen (secondary N) is 1. The summed E-state index contributed by atoms with van der Waals surface area (Å²) in [7, 11) is -3.73. The second kappa shape index (κ2) is 6.45. The summed E-state index contributed by atoms with van der Waals surface area (Å²) in [5.41, 5.74) is 0.579. The van der Waals surface area contributed by atoms with E-state index in [0.29, 0.717) is 10.8 Å². The van der Waals surface area contributed by atoms with Crippen LogP contribution in [-0.4, -0.2) is 28.8 Å². The third-order valence-corrected chi connectivity index (χ3v) is 7.03. The van der Waals surface area contributed by atoms with Crippen molar-refractivity contribution in [3.8, 4) is 11.6 Å². The predicted molar refractivity (Wildman–Crippen MR) is 102 cm³/mol. The zero-order valence-corrected chi connectivity index (χ0v) is 17.3. The van der Waals surface area contributed by atoms with Crippen molar-refractivity contribution in [2.24, 2.45) is 0 Å². The van der Waals surface area contributed by atoms with Gasteiger partial charge in [-0.2, -0.15) is 0 Å². The Bertz CT molecular complexity index is 1060. The lowest BCUT2D eigenvalue weighted by Crippen LogP contribution is -2.30. The normalized spacial score (nSPS) is 13.1. The third-order valence-electron chi connectivity index (χ3n) is 4.35. The Labute approximate surface area is 163 Å². The van der Waals surface area contributed by atoms with Crippen LogP contribution in [0.4, 0.5) is 0 Å². The van der Waals surface area contributed by atoms with Crippen molar-refractivity contribution in [3.05, 3.63) is 46.9 Å². The average molecular weight is 409 g/mol. The molecule has 1 aromatic carbocycles. The molecule has 0 bridgehead atoms. The minimum absolute atomic E-state index is 0.157. The average Bonchev–Trinajstić information content (AvgIpc) is 3.24. The molecule has 0 aliphatic carbocycles. The molecule has 3 aromatic rings. The van der Waals surface area contributed by atoms with Crippen LogP contribution in [0.1, 0.15) is 46.1 Å². The maximum absolute atomic E-state index is 13.1. The van der Waals surface area contributed by atoms with Gasteiger partial charge in [0.15, 0.2) is 9.84 Å². The van der Waals surface area contributed by atoms with E-state index in [1.807, 2.05) is 20.8 Å². The number of sulfone groups is 1. The van der Waals surface area contributed by atoms with Crippen LogP contribution in [0.3, 0.4) is 0 Å². The fourth-order valence-electron chi connectivity index (χ4n) is 2.41. The molecule has 3 rings (SSSR count). The highest BCUT2D eigenvalue weighted by Gasteiger charge is 2.41. The van der Waals surface area contributed by atoms with Gasteiger partial charge in [-0.05, 0) is 38.1 Å². The molecular weight excluding hydrogens is 388 g/mol. The van der Waals surface area contributed by atoms with Crippen LogP contribution in [0, 0.1) is 0 Å². The quantitative estimate of drug-likeness (QED) is 0.696. The van der Waals surface area contributed by atoms with Crippen LogP contribution >= 0.6 is 11.6 Å². The van der Waals surface area contributed by atoms with Crippen LogP contribution in [-0.2, 0) is 20.0 Å². The van der Waals surface area contributed by atoms with Gasteiger partial charge in [-0.3, -0.25) is 5.10 Å². The first-order valence-corrected chi connectivity index (χ1v) is 10.2. The number of aromatic nitrogens is 4. The molecule has 27 heavy (non-hydrogen) atoms. The lowest BCUT2D eigenvalue weighted by atomic mass is 9.92. The number of hydrogen-bond donors (Lipinski definition) is 1. The van der Waals surface area contributed by atoms with Crippen molar-refractivity contribution in [1.82, 2.24) is 20.3 Å². The van der Waals surface area contributed by atoms with E-state index in [1.165, 1.54) is 12.1 Å². The van der Waals surface area contributed by atoms with Gasteiger partial charge in [-0.15, -0.1) is 5.10 Å². The maximum atomic E-state index is 13.1. The van der Waals surface area contributed by atoms with Gasteiger partial charge < -0.3 is 4.52 Å². The topological polar surface area (TPSA) is 102 Å². The predicted octanol–water partition coefficient (Wildman–Crippen LogP) is 4.12. The number of H-pyrrole nitrogens is 1. The van der Waals surface area contributed by atoms with Gasteiger partial charge in [0.05, 0.1) is 10.6 Å². The molecule has 0 radical (unpaired) electrons. The highest BCUT2D eigenvalue weighted by Crippen LogP contribution is 2.34. The molecule has 0 atom stereocenters. The summed E-state index contributed by atoms with van der Waals surface area (Å²) in [5.74, 6) is 0.843. The van der Waals surface area contributed by atoms with Crippen molar-refractivity contribution < 1.29 is 12.9 Å². The Morgan fingerprint density at radius 3 is 2.26 bits per heavy atom. The molecule has 0 saturated carbocycles. The van der Waals surface area contributed by atoms with Crippen molar-refractivity contribution >= 4 is 21.4 Å². The summed E-state index contributed by atoms with van der Waals surface area (Å²) >= 11 is 5.86. The monoisotopic (exact) mass is 408 g/mol. The molecule has 2 aromatic heterocycles. The summed E-state index contributed by atoms with van der Waals surface area (Å²) in [6, 6.07) is 7.79. The van der Waals surface area contributed by atoms with Crippen LogP contribution in [0.2, 0.25) is 5.02 Å². The molecule has 0 amide bonds. The van der Waals surface area contributed by atoms with E-state index >= 15 is 0 Å². The highest BCUT2D eigenvalue weighted by molar-refractivity contribution is 7.92. The van der Waals surface area contributed by atoms with Crippen LogP contribution in [0.5, 0.6) is 0 Å². The van der Waals surface area contributed by atoms with Gasteiger partial charge in [0.2, 0.25) is 11.6 Å². The van der Waals surface area contributed by atoms with Gasteiger partial charge in [0, 0.05) is 16.5 Å². The van der Waals surface area contributed by atoms with Crippen molar-refractivity contribution in [3.63, 3.8) is 0 Å². The molecule has 9 heteroatoms. The molecule has 0 fully saturated rings. The minimum Gasteiger partial charge on any atom is -0.353 e. The SMILES string of the molecule is CC(C)(C)c1cc(-c2n[nH]c(C(C)(C)S(=O)(=O)c3ccc(Cl)cc3)n2)on1. The minimum atomic E-state index is -3.73. The second-order valence-electron chi connectivity index (χ2n) is 7.80. The molecule has 0 unspecified atom stereocenters. The van der Waals surface area contributed by atoms with E-state index in [4.69, 9.17) is 16.1 Å².